The summed E-state index contributed by atoms with van der Waals surface area (Å²) in [5.74, 6) is -0.0245. The lowest BCUT2D eigenvalue weighted by atomic mass is 9.98. The number of non-ortho nitro benzene ring substituents is 1. The van der Waals surface area contributed by atoms with Crippen molar-refractivity contribution in [3.8, 4) is 0 Å². The SMILES string of the molecule is O=[N+]([O-])c1ccc(NCC2CCN(S(=O)(=O)c3ccccc3)CC2)c(C(F)(F)F)c1. The Balaban J connectivity index is 1.63. The zero-order valence-electron chi connectivity index (χ0n) is 15.8. The number of nitrogens with zero attached hydrogens (tertiary/aromatic N) is 2. The summed E-state index contributed by atoms with van der Waals surface area (Å²) < 4.78 is 66.5. The van der Waals surface area contributed by atoms with Gasteiger partial charge in [-0.3, -0.25) is 10.1 Å². The van der Waals surface area contributed by atoms with Crippen LogP contribution in [0.25, 0.3) is 0 Å². The highest BCUT2D eigenvalue weighted by Gasteiger charge is 2.35. The van der Waals surface area contributed by atoms with Gasteiger partial charge in [0.15, 0.2) is 0 Å². The second-order valence-electron chi connectivity index (χ2n) is 7.03. The zero-order valence-corrected chi connectivity index (χ0v) is 16.6. The topological polar surface area (TPSA) is 92.6 Å². The Bertz CT molecular complexity index is 1010. The first kappa shape index (κ1) is 22.0. The van der Waals surface area contributed by atoms with Crippen molar-refractivity contribution in [3.05, 3.63) is 64.2 Å². The van der Waals surface area contributed by atoms with Crippen LogP contribution < -0.4 is 5.32 Å². The Labute approximate surface area is 171 Å². The Morgan fingerprint density at radius 1 is 1.10 bits per heavy atom. The molecule has 1 N–H and O–H groups in total. The summed E-state index contributed by atoms with van der Waals surface area (Å²) in [7, 11) is -3.59. The summed E-state index contributed by atoms with van der Waals surface area (Å²) >= 11 is 0. The molecule has 0 saturated carbocycles. The summed E-state index contributed by atoms with van der Waals surface area (Å²) in [6.45, 7) is 0.756. The number of nitro groups is 1. The standard InChI is InChI=1S/C19H20F3N3O4S/c20-19(21,22)17-12-15(25(26)27)6-7-18(17)23-13-14-8-10-24(11-9-14)30(28,29)16-4-2-1-3-5-16/h1-7,12,14,23H,8-11,13H2. The molecule has 0 aromatic heterocycles. The maximum atomic E-state index is 13.3. The van der Waals surface area contributed by atoms with Crippen molar-refractivity contribution in [2.24, 2.45) is 5.92 Å². The highest BCUT2D eigenvalue weighted by Crippen LogP contribution is 2.37. The van der Waals surface area contributed by atoms with Crippen LogP contribution in [0, 0.1) is 16.0 Å². The average Bonchev–Trinajstić information content (AvgIpc) is 2.72. The molecule has 0 spiro atoms. The summed E-state index contributed by atoms with van der Waals surface area (Å²) in [4.78, 5) is 10.1. The van der Waals surface area contributed by atoms with Gasteiger partial charge in [0.2, 0.25) is 10.0 Å². The first-order valence-corrected chi connectivity index (χ1v) is 10.7. The summed E-state index contributed by atoms with van der Waals surface area (Å²) in [6, 6.07) is 10.6. The molecule has 0 aliphatic carbocycles. The van der Waals surface area contributed by atoms with Gasteiger partial charge >= 0.3 is 6.18 Å². The Hall–Kier alpha value is -2.66. The van der Waals surface area contributed by atoms with Crippen molar-refractivity contribution in [1.82, 2.24) is 4.31 Å². The lowest BCUT2D eigenvalue weighted by Gasteiger charge is -2.31. The number of alkyl halides is 3. The molecule has 7 nitrogen and oxygen atoms in total. The Morgan fingerprint density at radius 2 is 1.73 bits per heavy atom. The van der Waals surface area contributed by atoms with Crippen LogP contribution in [-0.4, -0.2) is 37.3 Å². The minimum Gasteiger partial charge on any atom is -0.384 e. The monoisotopic (exact) mass is 443 g/mol. The van der Waals surface area contributed by atoms with Crippen LogP contribution in [0.15, 0.2) is 53.4 Å². The van der Waals surface area contributed by atoms with Crippen molar-refractivity contribution in [2.45, 2.75) is 23.9 Å². The van der Waals surface area contributed by atoms with Crippen LogP contribution in [0.4, 0.5) is 24.5 Å². The van der Waals surface area contributed by atoms with E-state index in [2.05, 4.69) is 5.32 Å². The first-order valence-electron chi connectivity index (χ1n) is 9.24. The summed E-state index contributed by atoms with van der Waals surface area (Å²) in [6.07, 6.45) is -3.75. The molecular weight excluding hydrogens is 423 g/mol. The van der Waals surface area contributed by atoms with Gasteiger partial charge in [-0.25, -0.2) is 8.42 Å². The van der Waals surface area contributed by atoms with Crippen LogP contribution in [0.5, 0.6) is 0 Å². The van der Waals surface area contributed by atoms with Crippen LogP contribution in [-0.2, 0) is 16.2 Å². The fourth-order valence-electron chi connectivity index (χ4n) is 3.38. The fraction of sp³-hybridized carbons (Fsp3) is 0.368. The molecule has 0 radical (unpaired) electrons. The molecule has 3 rings (SSSR count). The molecule has 1 aliphatic rings. The lowest BCUT2D eigenvalue weighted by Crippen LogP contribution is -2.39. The molecule has 1 saturated heterocycles. The average molecular weight is 443 g/mol. The van der Waals surface area contributed by atoms with Gasteiger partial charge in [0.1, 0.15) is 0 Å². The first-order chi connectivity index (χ1) is 14.1. The number of hydrogen-bond donors (Lipinski definition) is 1. The van der Waals surface area contributed by atoms with E-state index >= 15 is 0 Å². The maximum absolute atomic E-state index is 13.3. The van der Waals surface area contributed by atoms with Crippen LogP contribution >= 0.6 is 0 Å². The van der Waals surface area contributed by atoms with E-state index in [1.165, 1.54) is 16.4 Å². The largest absolute Gasteiger partial charge is 0.418 e. The van der Waals surface area contributed by atoms with Crippen LogP contribution in [0.2, 0.25) is 0 Å². The van der Waals surface area contributed by atoms with E-state index in [0.29, 0.717) is 18.9 Å². The maximum Gasteiger partial charge on any atom is 0.418 e. The molecule has 2 aromatic carbocycles. The number of benzene rings is 2. The van der Waals surface area contributed by atoms with Gasteiger partial charge in [0.25, 0.3) is 5.69 Å². The van der Waals surface area contributed by atoms with Crippen molar-refractivity contribution in [1.29, 1.82) is 0 Å². The quantitative estimate of drug-likeness (QED) is 0.535. The molecular formula is C19H20F3N3O4S. The summed E-state index contributed by atoms with van der Waals surface area (Å²) in [5.41, 5.74) is -1.96. The number of rotatable bonds is 6. The molecule has 0 amide bonds. The number of anilines is 1. The predicted molar refractivity (Wildman–Crippen MR) is 105 cm³/mol. The molecule has 0 unspecified atom stereocenters. The van der Waals surface area contributed by atoms with E-state index in [9.17, 15) is 31.7 Å². The van der Waals surface area contributed by atoms with E-state index < -0.39 is 32.4 Å². The highest BCUT2D eigenvalue weighted by atomic mass is 32.2. The number of nitrogens with one attached hydrogen (secondary N) is 1. The molecule has 0 bridgehead atoms. The van der Waals surface area contributed by atoms with E-state index in [1.54, 1.807) is 18.2 Å². The van der Waals surface area contributed by atoms with Crippen LogP contribution in [0.1, 0.15) is 18.4 Å². The van der Waals surface area contributed by atoms with Crippen molar-refractivity contribution < 1.29 is 26.5 Å². The molecule has 162 valence electrons. The van der Waals surface area contributed by atoms with Crippen molar-refractivity contribution in [3.63, 3.8) is 0 Å². The van der Waals surface area contributed by atoms with E-state index in [-0.39, 0.29) is 36.1 Å². The highest BCUT2D eigenvalue weighted by molar-refractivity contribution is 7.89. The smallest absolute Gasteiger partial charge is 0.384 e. The normalized spacial score (nSPS) is 16.4. The van der Waals surface area contributed by atoms with Gasteiger partial charge in [0, 0.05) is 37.5 Å². The van der Waals surface area contributed by atoms with E-state index in [0.717, 1.165) is 12.1 Å². The molecule has 2 aromatic rings. The van der Waals surface area contributed by atoms with Gasteiger partial charge in [-0.2, -0.15) is 17.5 Å². The van der Waals surface area contributed by atoms with Gasteiger partial charge < -0.3 is 5.32 Å². The lowest BCUT2D eigenvalue weighted by molar-refractivity contribution is -0.385. The second kappa shape index (κ2) is 8.60. The van der Waals surface area contributed by atoms with E-state index in [4.69, 9.17) is 0 Å². The van der Waals surface area contributed by atoms with Crippen LogP contribution in [0.3, 0.4) is 0 Å². The third-order valence-corrected chi connectivity index (χ3v) is 6.97. The van der Waals surface area contributed by atoms with Crippen molar-refractivity contribution in [2.75, 3.05) is 25.0 Å². The van der Waals surface area contributed by atoms with Gasteiger partial charge in [-0.05, 0) is 37.0 Å². The number of piperidine rings is 1. The number of halogens is 3. The Morgan fingerprint density at radius 3 is 2.30 bits per heavy atom. The third kappa shape index (κ3) is 4.90. The zero-order chi connectivity index (χ0) is 21.9. The third-order valence-electron chi connectivity index (χ3n) is 5.06. The molecule has 1 fully saturated rings. The number of hydrogen-bond acceptors (Lipinski definition) is 5. The molecule has 0 atom stereocenters. The van der Waals surface area contributed by atoms with E-state index in [1.807, 2.05) is 0 Å². The predicted octanol–water partition coefficient (Wildman–Crippen LogP) is 4.13. The number of nitro benzene ring substituents is 1. The second-order valence-corrected chi connectivity index (χ2v) is 8.96. The minimum atomic E-state index is -4.73. The summed E-state index contributed by atoms with van der Waals surface area (Å²) in [5, 5.41) is 13.5. The molecule has 30 heavy (non-hydrogen) atoms. The number of sulfonamides is 1. The van der Waals surface area contributed by atoms with Gasteiger partial charge in [0.05, 0.1) is 15.4 Å². The van der Waals surface area contributed by atoms with Gasteiger partial charge in [-0.1, -0.05) is 18.2 Å². The molecule has 1 aliphatic heterocycles. The molecule has 1 heterocycles. The fourth-order valence-corrected chi connectivity index (χ4v) is 4.87. The Kier molecular flexibility index (Phi) is 6.32. The van der Waals surface area contributed by atoms with Gasteiger partial charge in [-0.15, -0.1) is 0 Å². The van der Waals surface area contributed by atoms with Crippen molar-refractivity contribution >= 4 is 21.4 Å². The minimum absolute atomic E-state index is 0.0245. The molecule has 11 heteroatoms.